The maximum atomic E-state index is 14.4. The summed E-state index contributed by atoms with van der Waals surface area (Å²) in [6.07, 6.45) is 11.1. The Balaban J connectivity index is 1.50. The van der Waals surface area contributed by atoms with Crippen molar-refractivity contribution in [2.24, 2.45) is 28.0 Å². The fourth-order valence-corrected chi connectivity index (χ4v) is 7.03. The summed E-state index contributed by atoms with van der Waals surface area (Å²) >= 11 is 6.49. The van der Waals surface area contributed by atoms with E-state index in [1.54, 1.807) is 19.2 Å². The maximum absolute atomic E-state index is 14.4. The van der Waals surface area contributed by atoms with E-state index in [0.29, 0.717) is 46.7 Å². The van der Waals surface area contributed by atoms with Gasteiger partial charge in [0.25, 0.3) is 5.91 Å². The van der Waals surface area contributed by atoms with E-state index in [4.69, 9.17) is 32.5 Å². The topological polar surface area (TPSA) is 121 Å². The summed E-state index contributed by atoms with van der Waals surface area (Å²) in [6, 6.07) is 5.41. The van der Waals surface area contributed by atoms with Crippen LogP contribution in [0.25, 0.3) is 0 Å². The van der Waals surface area contributed by atoms with Crippen LogP contribution in [0.1, 0.15) is 77.7 Å². The number of rotatable bonds is 8. The van der Waals surface area contributed by atoms with Gasteiger partial charge in [0.2, 0.25) is 5.91 Å². The number of amidine groups is 1. The highest BCUT2D eigenvalue weighted by Gasteiger charge is 2.55. The Labute approximate surface area is 247 Å². The van der Waals surface area contributed by atoms with Gasteiger partial charge in [0.05, 0.1) is 24.7 Å². The first-order valence-corrected chi connectivity index (χ1v) is 15.1. The number of carbonyl (C=O) groups is 2. The van der Waals surface area contributed by atoms with Gasteiger partial charge < -0.3 is 20.7 Å². The van der Waals surface area contributed by atoms with Crippen LogP contribution in [0, 0.1) is 22.7 Å². The number of nitrogens with one attached hydrogen (secondary N) is 2. The number of nitrogens with two attached hydrogens (primary N) is 1. The van der Waals surface area contributed by atoms with E-state index in [2.05, 4.69) is 31.0 Å². The van der Waals surface area contributed by atoms with Crippen molar-refractivity contribution in [3.63, 3.8) is 0 Å². The first kappa shape index (κ1) is 29.4. The van der Waals surface area contributed by atoms with Crippen molar-refractivity contribution < 1.29 is 14.3 Å². The fraction of sp³-hybridized carbons (Fsp3) is 0.562. The third-order valence-electron chi connectivity index (χ3n) is 9.27. The summed E-state index contributed by atoms with van der Waals surface area (Å²) in [7, 11) is 1.58. The first-order chi connectivity index (χ1) is 19.4. The van der Waals surface area contributed by atoms with Crippen LogP contribution in [-0.4, -0.2) is 53.6 Å². The number of benzene rings is 1. The Morgan fingerprint density at radius 3 is 2.46 bits per heavy atom. The van der Waals surface area contributed by atoms with Crippen LogP contribution in [0.5, 0.6) is 5.75 Å². The highest BCUT2D eigenvalue weighted by atomic mass is 35.5. The van der Waals surface area contributed by atoms with Crippen molar-refractivity contribution in [2.75, 3.05) is 13.7 Å². The molecule has 0 radical (unpaired) electrons. The van der Waals surface area contributed by atoms with Crippen molar-refractivity contribution in [1.82, 2.24) is 10.2 Å². The number of allylic oxidation sites excluding steroid dienone is 2. The minimum Gasteiger partial charge on any atom is -0.495 e. The molecule has 1 atom stereocenters. The fourth-order valence-electron chi connectivity index (χ4n) is 6.77. The van der Waals surface area contributed by atoms with Crippen molar-refractivity contribution >= 4 is 35.0 Å². The summed E-state index contributed by atoms with van der Waals surface area (Å²) in [5.74, 6) is 1.22. The minimum absolute atomic E-state index is 0.0350. The van der Waals surface area contributed by atoms with Crippen LogP contribution in [0.15, 0.2) is 46.5 Å². The summed E-state index contributed by atoms with van der Waals surface area (Å²) < 4.78 is 5.35. The van der Waals surface area contributed by atoms with Crippen LogP contribution in [-0.2, 0) is 9.59 Å². The average molecular weight is 580 g/mol. The zero-order valence-electron chi connectivity index (χ0n) is 24.6. The molecule has 1 aromatic rings. The number of nitrogens with zero attached hydrogens (tertiary/aromatic N) is 2. The molecule has 9 heteroatoms. The molecule has 1 spiro atoms. The van der Waals surface area contributed by atoms with Crippen LogP contribution in [0.2, 0.25) is 5.02 Å². The Kier molecular flexibility index (Phi) is 8.07. The molecule has 8 nitrogen and oxygen atoms in total. The molecular weight excluding hydrogens is 538 g/mol. The Morgan fingerprint density at radius 1 is 1.22 bits per heavy atom. The van der Waals surface area contributed by atoms with Crippen LogP contribution >= 0.6 is 11.6 Å². The number of hydrogen-bond acceptors (Lipinski definition) is 5. The van der Waals surface area contributed by atoms with Crippen LogP contribution in [0.3, 0.4) is 0 Å². The van der Waals surface area contributed by atoms with Gasteiger partial charge in [0.1, 0.15) is 23.0 Å². The average Bonchev–Trinajstić information content (AvgIpc) is 3.74. The third kappa shape index (κ3) is 5.94. The molecule has 1 unspecified atom stereocenters. The zero-order chi connectivity index (χ0) is 29.5. The van der Waals surface area contributed by atoms with Crippen molar-refractivity contribution in [2.45, 2.75) is 83.8 Å². The molecule has 0 aromatic heterocycles. The molecule has 4 aliphatic rings. The first-order valence-electron chi connectivity index (χ1n) is 14.7. The number of hydrogen-bond donors (Lipinski definition) is 3. The standard InChI is InChI=1S/C32H42ClN5O3/c1-31(2,3)23-13-15-32(16-14-23)37-27(22-11-12-25(41-4)24(33)17-22)30(40)38(32)28(19-5-6-19)20-7-9-21(10-8-20)29(39)36-18-26(34)35/h7,9,11-12,17,19,23,28H,5-6,8,10,13-16,18H2,1-4H3,(H3,34,35)(H,36,39). The molecule has 4 N–H and O–H groups in total. The molecule has 0 bridgehead atoms. The number of aliphatic imine (C=N–C) groups is 1. The van der Waals surface area contributed by atoms with Gasteiger partial charge in [-0.15, -0.1) is 0 Å². The van der Waals surface area contributed by atoms with E-state index in [1.807, 2.05) is 18.2 Å². The second-order valence-electron chi connectivity index (χ2n) is 13.0. The second kappa shape index (κ2) is 11.3. The van der Waals surface area contributed by atoms with Gasteiger partial charge in [-0.25, -0.2) is 0 Å². The number of amides is 2. The van der Waals surface area contributed by atoms with Gasteiger partial charge in [-0.2, -0.15) is 0 Å². The van der Waals surface area contributed by atoms with Crippen molar-refractivity contribution in [3.05, 3.63) is 52.1 Å². The van der Waals surface area contributed by atoms with Crippen molar-refractivity contribution in [1.29, 1.82) is 5.41 Å². The van der Waals surface area contributed by atoms with E-state index in [1.165, 1.54) is 5.57 Å². The molecule has 2 amide bonds. The molecule has 3 aliphatic carbocycles. The molecule has 0 saturated heterocycles. The highest BCUT2D eigenvalue weighted by molar-refractivity contribution is 6.47. The number of carbonyl (C=O) groups excluding carboxylic acids is 2. The van der Waals surface area contributed by atoms with E-state index in [9.17, 15) is 9.59 Å². The van der Waals surface area contributed by atoms with E-state index < -0.39 is 5.66 Å². The lowest BCUT2D eigenvalue weighted by molar-refractivity contribution is -0.132. The lowest BCUT2D eigenvalue weighted by Crippen LogP contribution is -2.56. The molecule has 41 heavy (non-hydrogen) atoms. The summed E-state index contributed by atoms with van der Waals surface area (Å²) in [5.41, 5.74) is 8.08. The van der Waals surface area contributed by atoms with E-state index in [-0.39, 0.29) is 35.7 Å². The molecule has 1 aliphatic heterocycles. The largest absolute Gasteiger partial charge is 0.495 e. The minimum atomic E-state index is -0.586. The SMILES string of the molecule is COc1ccc(C2=NC3(CCC(C(C)(C)C)CC3)N(C(C3=CC=C(C(=O)NCC(=N)N)CC3)C3CC3)C2=O)cc1Cl. The molecule has 1 aromatic carbocycles. The summed E-state index contributed by atoms with van der Waals surface area (Å²) in [6.45, 7) is 6.94. The number of halogens is 1. The predicted octanol–water partition coefficient (Wildman–Crippen LogP) is 5.39. The normalized spacial score (nSPS) is 25.4. The van der Waals surface area contributed by atoms with Gasteiger partial charge in [-0.05, 0) is 92.4 Å². The molecule has 5 rings (SSSR count). The molecule has 1 heterocycles. The van der Waals surface area contributed by atoms with Crippen LogP contribution < -0.4 is 15.8 Å². The third-order valence-corrected chi connectivity index (χ3v) is 9.56. The maximum Gasteiger partial charge on any atom is 0.275 e. The van der Waals surface area contributed by atoms with Gasteiger partial charge in [-0.3, -0.25) is 20.0 Å². The molecule has 2 saturated carbocycles. The zero-order valence-corrected chi connectivity index (χ0v) is 25.3. The second-order valence-corrected chi connectivity index (χ2v) is 13.4. The Morgan fingerprint density at radius 2 is 1.93 bits per heavy atom. The highest BCUT2D eigenvalue weighted by Crippen LogP contribution is 2.51. The summed E-state index contributed by atoms with van der Waals surface area (Å²) in [5, 5.41) is 10.5. The van der Waals surface area contributed by atoms with E-state index >= 15 is 0 Å². The van der Waals surface area contributed by atoms with Gasteiger partial charge in [-0.1, -0.05) is 44.5 Å². The summed E-state index contributed by atoms with van der Waals surface area (Å²) in [4.78, 5) is 34.5. The smallest absolute Gasteiger partial charge is 0.275 e. The number of methoxy groups -OCH3 is 1. The van der Waals surface area contributed by atoms with Gasteiger partial charge >= 0.3 is 0 Å². The molecule has 2 fully saturated rings. The van der Waals surface area contributed by atoms with Gasteiger partial charge in [0.15, 0.2) is 0 Å². The van der Waals surface area contributed by atoms with E-state index in [0.717, 1.165) is 44.1 Å². The molecule has 220 valence electrons. The Hall–Kier alpha value is -3.13. The molecular formula is C32H42ClN5O3. The lowest BCUT2D eigenvalue weighted by atomic mass is 9.69. The lowest BCUT2D eigenvalue weighted by Gasteiger charge is -2.48. The Bertz CT molecular complexity index is 1330. The monoisotopic (exact) mass is 579 g/mol. The van der Waals surface area contributed by atoms with Gasteiger partial charge in [0, 0.05) is 11.1 Å². The number of ether oxygens (including phenoxy) is 1. The van der Waals surface area contributed by atoms with Crippen molar-refractivity contribution in [3.8, 4) is 5.75 Å². The predicted molar refractivity (Wildman–Crippen MR) is 162 cm³/mol. The quantitative estimate of drug-likeness (QED) is 0.282. The van der Waals surface area contributed by atoms with Crippen LogP contribution in [0.4, 0.5) is 0 Å².